The SMILES string of the molecule is CCCCCCC(=O)CC(CCC(=O)N(Cc1ccccc1)Cc1ccccc1)=NNC(=O)c1cc2ccccc2cc1O. The first-order valence-corrected chi connectivity index (χ1v) is 15.4. The molecule has 0 heterocycles. The Bertz CT molecular complexity index is 1530. The fourth-order valence-electron chi connectivity index (χ4n) is 5.10. The van der Waals surface area contributed by atoms with E-state index in [0.717, 1.165) is 47.6 Å². The number of unbranched alkanes of at least 4 members (excludes halogenated alkanes) is 3. The second kappa shape index (κ2) is 16.8. The van der Waals surface area contributed by atoms with Crippen molar-refractivity contribution in [2.75, 3.05) is 0 Å². The van der Waals surface area contributed by atoms with E-state index in [9.17, 15) is 19.5 Å². The number of amides is 2. The molecule has 0 aliphatic rings. The van der Waals surface area contributed by atoms with Crippen LogP contribution >= 0.6 is 0 Å². The Morgan fingerprint density at radius 3 is 1.93 bits per heavy atom. The van der Waals surface area contributed by atoms with Crippen molar-refractivity contribution >= 4 is 34.1 Å². The van der Waals surface area contributed by atoms with Crippen LogP contribution in [0.5, 0.6) is 5.75 Å². The maximum absolute atomic E-state index is 13.6. The zero-order valence-corrected chi connectivity index (χ0v) is 25.4. The number of aromatic hydroxyl groups is 1. The number of Topliss-reactive ketones (excluding diaryl/α,β-unsaturated/α-hetero) is 1. The van der Waals surface area contributed by atoms with Crippen molar-refractivity contribution in [3.05, 3.63) is 114 Å². The van der Waals surface area contributed by atoms with Gasteiger partial charge < -0.3 is 10.0 Å². The van der Waals surface area contributed by atoms with Gasteiger partial charge in [0.05, 0.1) is 5.56 Å². The van der Waals surface area contributed by atoms with E-state index in [0.29, 0.717) is 25.2 Å². The molecule has 0 aromatic heterocycles. The number of nitrogens with zero attached hydrogens (tertiary/aromatic N) is 2. The highest BCUT2D eigenvalue weighted by Crippen LogP contribution is 2.25. The summed E-state index contributed by atoms with van der Waals surface area (Å²) in [5, 5.41) is 16.4. The normalized spacial score (nSPS) is 11.3. The number of hydrogen-bond donors (Lipinski definition) is 2. The average molecular weight is 592 g/mol. The average Bonchev–Trinajstić information content (AvgIpc) is 3.04. The van der Waals surface area contributed by atoms with Gasteiger partial charge in [0.15, 0.2) is 0 Å². The molecule has 0 fully saturated rings. The zero-order valence-electron chi connectivity index (χ0n) is 25.4. The van der Waals surface area contributed by atoms with Gasteiger partial charge in [-0.25, -0.2) is 5.43 Å². The van der Waals surface area contributed by atoms with Crippen molar-refractivity contribution in [2.45, 2.75) is 71.4 Å². The number of phenols is 1. The number of fused-ring (bicyclic) bond motifs is 1. The molecule has 0 atom stereocenters. The van der Waals surface area contributed by atoms with E-state index in [-0.39, 0.29) is 42.3 Å². The number of phenolic OH excluding ortho intramolecular Hbond substituents is 1. The molecule has 0 bridgehead atoms. The molecule has 0 aliphatic carbocycles. The van der Waals surface area contributed by atoms with E-state index < -0.39 is 5.91 Å². The lowest BCUT2D eigenvalue weighted by Gasteiger charge is -2.23. The Balaban J connectivity index is 1.48. The molecule has 0 spiro atoms. The van der Waals surface area contributed by atoms with Gasteiger partial charge in [-0.2, -0.15) is 5.10 Å². The number of benzene rings is 4. The van der Waals surface area contributed by atoms with Crippen LogP contribution in [0.25, 0.3) is 10.8 Å². The van der Waals surface area contributed by atoms with E-state index in [1.165, 1.54) is 0 Å². The van der Waals surface area contributed by atoms with Crippen molar-refractivity contribution in [3.63, 3.8) is 0 Å². The predicted octanol–water partition coefficient (Wildman–Crippen LogP) is 7.57. The molecule has 228 valence electrons. The summed E-state index contributed by atoms with van der Waals surface area (Å²) in [7, 11) is 0. The standard InChI is InChI=1S/C37H41N3O4/c1-2-3-4-11-20-33(41)25-32(38-39-37(44)34-23-30-18-12-13-19-31(30)24-35(34)42)21-22-36(43)40(26-28-14-7-5-8-15-28)27-29-16-9-6-10-17-29/h5-10,12-19,23-24,42H,2-4,11,20-22,25-27H2,1H3,(H,39,44). The molecule has 7 heteroatoms. The van der Waals surface area contributed by atoms with Crippen LogP contribution < -0.4 is 5.43 Å². The van der Waals surface area contributed by atoms with Gasteiger partial charge in [-0.3, -0.25) is 14.4 Å². The summed E-state index contributed by atoms with van der Waals surface area (Å²) >= 11 is 0. The van der Waals surface area contributed by atoms with Crippen LogP contribution in [0.4, 0.5) is 0 Å². The summed E-state index contributed by atoms with van der Waals surface area (Å²) in [6.07, 6.45) is 4.80. The fraction of sp³-hybridized carbons (Fsp3) is 0.297. The lowest BCUT2D eigenvalue weighted by Crippen LogP contribution is -2.30. The number of hydrogen-bond acceptors (Lipinski definition) is 5. The van der Waals surface area contributed by atoms with Crippen molar-refractivity contribution < 1.29 is 19.5 Å². The first-order chi connectivity index (χ1) is 21.4. The molecular weight excluding hydrogens is 550 g/mol. The van der Waals surface area contributed by atoms with Crippen LogP contribution in [0.3, 0.4) is 0 Å². The summed E-state index contributed by atoms with van der Waals surface area (Å²) in [6, 6.07) is 30.3. The number of carbonyl (C=O) groups is 3. The Morgan fingerprint density at radius 1 is 0.727 bits per heavy atom. The fourth-order valence-corrected chi connectivity index (χ4v) is 5.10. The molecule has 0 aliphatic heterocycles. The second-order valence-electron chi connectivity index (χ2n) is 11.1. The lowest BCUT2D eigenvalue weighted by atomic mass is 10.0. The van der Waals surface area contributed by atoms with E-state index in [4.69, 9.17) is 0 Å². The monoisotopic (exact) mass is 591 g/mol. The smallest absolute Gasteiger partial charge is 0.275 e. The predicted molar refractivity (Wildman–Crippen MR) is 175 cm³/mol. The molecule has 0 radical (unpaired) electrons. The van der Waals surface area contributed by atoms with Gasteiger partial charge in [0.1, 0.15) is 11.5 Å². The molecule has 4 aromatic rings. The molecule has 0 unspecified atom stereocenters. The number of rotatable bonds is 16. The van der Waals surface area contributed by atoms with Crippen LogP contribution in [-0.2, 0) is 22.7 Å². The third-order valence-corrected chi connectivity index (χ3v) is 7.55. The Hall–Kier alpha value is -4.78. The number of ketones is 1. The molecule has 2 amide bonds. The summed E-state index contributed by atoms with van der Waals surface area (Å²) < 4.78 is 0. The zero-order chi connectivity index (χ0) is 31.1. The van der Waals surface area contributed by atoms with Gasteiger partial charge in [0, 0.05) is 38.1 Å². The Morgan fingerprint density at radius 2 is 1.32 bits per heavy atom. The highest BCUT2D eigenvalue weighted by molar-refractivity contribution is 6.05. The Kier molecular flexibility index (Phi) is 12.2. The maximum atomic E-state index is 13.6. The van der Waals surface area contributed by atoms with E-state index >= 15 is 0 Å². The molecule has 2 N–H and O–H groups in total. The van der Waals surface area contributed by atoms with Crippen molar-refractivity contribution in [3.8, 4) is 5.75 Å². The minimum Gasteiger partial charge on any atom is -0.507 e. The van der Waals surface area contributed by atoms with E-state index in [2.05, 4.69) is 17.5 Å². The number of hydrazone groups is 1. The molecule has 44 heavy (non-hydrogen) atoms. The third kappa shape index (κ3) is 9.90. The maximum Gasteiger partial charge on any atom is 0.275 e. The first-order valence-electron chi connectivity index (χ1n) is 15.4. The summed E-state index contributed by atoms with van der Waals surface area (Å²) in [6.45, 7) is 3.03. The topological polar surface area (TPSA) is 99.1 Å². The van der Waals surface area contributed by atoms with Gasteiger partial charge in [-0.15, -0.1) is 0 Å². The van der Waals surface area contributed by atoms with E-state index in [1.807, 2.05) is 84.9 Å². The third-order valence-electron chi connectivity index (χ3n) is 7.55. The number of nitrogens with one attached hydrogen (secondary N) is 1. The molecule has 4 aromatic carbocycles. The van der Waals surface area contributed by atoms with Gasteiger partial charge >= 0.3 is 0 Å². The molecule has 4 rings (SSSR count). The van der Waals surface area contributed by atoms with Crippen LogP contribution in [-0.4, -0.2) is 33.3 Å². The van der Waals surface area contributed by atoms with Gasteiger partial charge in [-0.1, -0.05) is 111 Å². The van der Waals surface area contributed by atoms with Gasteiger partial charge in [-0.05, 0) is 46.9 Å². The molecule has 7 nitrogen and oxygen atoms in total. The highest BCUT2D eigenvalue weighted by atomic mass is 16.3. The van der Waals surface area contributed by atoms with Gasteiger partial charge in [0.2, 0.25) is 5.91 Å². The molecular formula is C37H41N3O4. The molecule has 0 saturated carbocycles. The highest BCUT2D eigenvalue weighted by Gasteiger charge is 2.18. The minimum absolute atomic E-state index is 0.0283. The largest absolute Gasteiger partial charge is 0.507 e. The molecule has 0 saturated heterocycles. The quantitative estimate of drug-likeness (QED) is 0.0797. The lowest BCUT2D eigenvalue weighted by molar-refractivity contribution is -0.132. The van der Waals surface area contributed by atoms with Crippen molar-refractivity contribution in [1.82, 2.24) is 10.3 Å². The van der Waals surface area contributed by atoms with Crippen LogP contribution in [0.2, 0.25) is 0 Å². The van der Waals surface area contributed by atoms with E-state index in [1.54, 1.807) is 17.0 Å². The van der Waals surface area contributed by atoms with Crippen LogP contribution in [0.15, 0.2) is 102 Å². The van der Waals surface area contributed by atoms with Crippen LogP contribution in [0, 0.1) is 0 Å². The first kappa shape index (κ1) is 32.1. The second-order valence-corrected chi connectivity index (χ2v) is 11.1. The van der Waals surface area contributed by atoms with Crippen molar-refractivity contribution in [1.29, 1.82) is 0 Å². The summed E-state index contributed by atoms with van der Waals surface area (Å²) in [5.41, 5.74) is 5.10. The number of carbonyl (C=O) groups excluding carboxylic acids is 3. The summed E-state index contributed by atoms with van der Waals surface area (Å²) in [5.74, 6) is -0.778. The summed E-state index contributed by atoms with van der Waals surface area (Å²) in [4.78, 5) is 41.3. The minimum atomic E-state index is -0.581. The van der Waals surface area contributed by atoms with Gasteiger partial charge in [0.25, 0.3) is 5.91 Å². The Labute approximate surface area is 259 Å². The van der Waals surface area contributed by atoms with Crippen LogP contribution in [0.1, 0.15) is 79.8 Å². The van der Waals surface area contributed by atoms with Crippen molar-refractivity contribution in [2.24, 2.45) is 5.10 Å².